The molecule has 1 aliphatic rings. The number of aliphatic hydroxyl groups excluding tert-OH is 1. The Morgan fingerprint density at radius 3 is 2.67 bits per heavy atom. The number of imidazole rings is 1. The van der Waals surface area contributed by atoms with E-state index in [1.807, 2.05) is 18.2 Å². The maximum absolute atomic E-state index is 15.8. The van der Waals surface area contributed by atoms with Gasteiger partial charge in [0.1, 0.15) is 29.3 Å². The summed E-state index contributed by atoms with van der Waals surface area (Å²) in [6.07, 6.45) is -4.36. The first-order chi connectivity index (χ1) is 21.4. The Morgan fingerprint density at radius 2 is 1.96 bits per heavy atom. The predicted octanol–water partition coefficient (Wildman–Crippen LogP) is 4.67. The molecule has 1 saturated heterocycles. The molecular formula is C29H35ClFN6O7P. The van der Waals surface area contributed by atoms with E-state index in [0.717, 1.165) is 5.39 Å². The molecule has 0 spiro atoms. The lowest BCUT2D eigenvalue weighted by atomic mass is 9.99. The number of esters is 1. The van der Waals surface area contributed by atoms with E-state index in [9.17, 15) is 14.5 Å². The summed E-state index contributed by atoms with van der Waals surface area (Å²) in [5, 5.41) is 18.1. The molecular weight excluding hydrogens is 630 g/mol. The van der Waals surface area contributed by atoms with Gasteiger partial charge in [-0.25, -0.2) is 23.9 Å². The summed E-state index contributed by atoms with van der Waals surface area (Å²) in [5.41, 5.74) is -1.26. The molecule has 0 amide bonds. The zero-order chi connectivity index (χ0) is 32.5. The standard InChI is InChI=1S/C29H35ClFN6O7P/c1-16(2)42-28(39)17(3)36-45(40,44-21-12-8-10-19-9-6-7-11-20(19)21)41-14-29(13-30)24(38)22(31)27(43-29)37-15-33-23-25(32-5)34-18(4)35-26(23)37/h6-12,15-17,22,24,27,38H,13-14H2,1-5H3,(H,36,40)(H,32,34,35)/t17-,22-,24+,27-,29-,45-/m1/s1. The van der Waals surface area contributed by atoms with Gasteiger partial charge >= 0.3 is 13.7 Å². The number of hydrogen-bond donors (Lipinski definition) is 3. The number of nitrogens with zero attached hydrogens (tertiary/aromatic N) is 4. The molecule has 1 fully saturated rings. The number of nitrogens with one attached hydrogen (secondary N) is 2. The minimum Gasteiger partial charge on any atom is -0.462 e. The Bertz CT molecular complexity index is 1740. The summed E-state index contributed by atoms with van der Waals surface area (Å²) < 4.78 is 54.6. The van der Waals surface area contributed by atoms with Gasteiger partial charge < -0.3 is 24.4 Å². The second kappa shape index (κ2) is 13.1. The topological polar surface area (TPSA) is 159 Å². The summed E-state index contributed by atoms with van der Waals surface area (Å²) in [4.78, 5) is 25.6. The molecule has 0 saturated carbocycles. The molecule has 4 aromatic rings. The fourth-order valence-corrected chi connectivity index (χ4v) is 6.86. The summed E-state index contributed by atoms with van der Waals surface area (Å²) in [6, 6.07) is 11.3. The molecule has 242 valence electrons. The normalized spacial score (nSPS) is 23.7. The number of aromatic nitrogens is 4. The van der Waals surface area contributed by atoms with E-state index in [1.54, 1.807) is 52.1 Å². The van der Waals surface area contributed by atoms with Crippen molar-refractivity contribution >= 4 is 53.1 Å². The van der Waals surface area contributed by atoms with Gasteiger partial charge in [0, 0.05) is 12.4 Å². The van der Waals surface area contributed by atoms with Gasteiger partial charge in [-0.3, -0.25) is 13.9 Å². The number of halogens is 2. The Hall–Kier alpha value is -3.39. The maximum Gasteiger partial charge on any atom is 0.459 e. The number of aliphatic hydroxyl groups is 1. The lowest BCUT2D eigenvalue weighted by Gasteiger charge is -2.31. The number of fused-ring (bicyclic) bond motifs is 2. The fourth-order valence-electron chi connectivity index (χ4n) is 5.00. The van der Waals surface area contributed by atoms with Gasteiger partial charge in [0.2, 0.25) is 0 Å². The largest absolute Gasteiger partial charge is 0.462 e. The molecule has 45 heavy (non-hydrogen) atoms. The number of aryl methyl sites for hydroxylation is 1. The van der Waals surface area contributed by atoms with Crippen molar-refractivity contribution in [3.8, 4) is 5.75 Å². The van der Waals surface area contributed by atoms with Crippen LogP contribution >= 0.6 is 19.3 Å². The lowest BCUT2D eigenvalue weighted by molar-refractivity contribution is -0.149. The van der Waals surface area contributed by atoms with Gasteiger partial charge in [0.05, 0.1) is 24.9 Å². The zero-order valence-electron chi connectivity index (χ0n) is 25.3. The molecule has 1 aliphatic heterocycles. The smallest absolute Gasteiger partial charge is 0.459 e. The van der Waals surface area contributed by atoms with Crippen molar-refractivity contribution in [1.82, 2.24) is 24.6 Å². The number of anilines is 1. The molecule has 0 radical (unpaired) electrons. The quantitative estimate of drug-likeness (QED) is 0.109. The minimum atomic E-state index is -4.46. The highest BCUT2D eigenvalue weighted by molar-refractivity contribution is 7.52. The van der Waals surface area contributed by atoms with Crippen molar-refractivity contribution in [3.63, 3.8) is 0 Å². The summed E-state index contributed by atoms with van der Waals surface area (Å²) in [6.45, 7) is 5.78. The van der Waals surface area contributed by atoms with E-state index in [-0.39, 0.29) is 11.4 Å². The molecule has 0 unspecified atom stereocenters. The first-order valence-electron chi connectivity index (χ1n) is 14.3. The first-order valence-corrected chi connectivity index (χ1v) is 16.3. The highest BCUT2D eigenvalue weighted by Crippen LogP contribution is 2.50. The van der Waals surface area contributed by atoms with Crippen LogP contribution in [0.3, 0.4) is 0 Å². The average Bonchev–Trinajstić information content (AvgIpc) is 3.54. The molecule has 3 heterocycles. The van der Waals surface area contributed by atoms with E-state index in [1.165, 1.54) is 17.8 Å². The number of alkyl halides is 2. The van der Waals surface area contributed by atoms with E-state index >= 15 is 4.39 Å². The molecule has 5 rings (SSSR count). The van der Waals surface area contributed by atoms with Crippen LogP contribution in [-0.2, 0) is 23.4 Å². The Morgan fingerprint density at radius 1 is 1.22 bits per heavy atom. The molecule has 6 atom stereocenters. The highest BCUT2D eigenvalue weighted by atomic mass is 35.5. The average molecular weight is 665 g/mol. The minimum absolute atomic E-state index is 0.197. The van der Waals surface area contributed by atoms with Crippen molar-refractivity contribution in [2.75, 3.05) is 24.9 Å². The SMILES string of the molecule is CNc1nc(C)nc2c1ncn2[C@@H]1O[C@](CCl)(CO[P@](=O)(N[C@H](C)C(=O)OC(C)C)Oc2cccc3ccccc23)[C@@H](O)[C@H]1F. The van der Waals surface area contributed by atoms with Crippen LogP contribution < -0.4 is 14.9 Å². The van der Waals surface area contributed by atoms with Gasteiger partial charge in [-0.1, -0.05) is 36.4 Å². The van der Waals surface area contributed by atoms with Crippen LogP contribution in [0.2, 0.25) is 0 Å². The van der Waals surface area contributed by atoms with Crippen LogP contribution in [-0.4, -0.2) is 80.2 Å². The van der Waals surface area contributed by atoms with Crippen molar-refractivity contribution < 1.29 is 37.4 Å². The number of ether oxygens (including phenoxy) is 2. The highest BCUT2D eigenvalue weighted by Gasteiger charge is 2.57. The number of carbonyl (C=O) groups is 1. The summed E-state index contributed by atoms with van der Waals surface area (Å²) >= 11 is 6.31. The molecule has 0 aliphatic carbocycles. The third-order valence-electron chi connectivity index (χ3n) is 7.24. The molecule has 16 heteroatoms. The van der Waals surface area contributed by atoms with E-state index in [2.05, 4.69) is 25.4 Å². The molecule has 3 N–H and O–H groups in total. The summed E-state index contributed by atoms with van der Waals surface area (Å²) in [5.74, 6) is -0.124. The third-order valence-corrected chi connectivity index (χ3v) is 9.31. The lowest BCUT2D eigenvalue weighted by Crippen LogP contribution is -2.48. The monoisotopic (exact) mass is 664 g/mol. The van der Waals surface area contributed by atoms with Crippen molar-refractivity contribution in [3.05, 3.63) is 54.6 Å². The van der Waals surface area contributed by atoms with Gasteiger partial charge in [-0.05, 0) is 39.1 Å². The number of hydrogen-bond acceptors (Lipinski definition) is 11. The second-order valence-corrected chi connectivity index (χ2v) is 12.9. The van der Waals surface area contributed by atoms with Crippen LogP contribution in [0.4, 0.5) is 10.2 Å². The van der Waals surface area contributed by atoms with Crippen molar-refractivity contribution in [2.24, 2.45) is 0 Å². The van der Waals surface area contributed by atoms with E-state index in [0.29, 0.717) is 22.5 Å². The van der Waals surface area contributed by atoms with Gasteiger partial charge in [-0.2, -0.15) is 5.09 Å². The molecule has 2 aromatic heterocycles. The number of rotatable bonds is 12. The second-order valence-electron chi connectivity index (χ2n) is 11.0. The predicted molar refractivity (Wildman–Crippen MR) is 166 cm³/mol. The van der Waals surface area contributed by atoms with Crippen LogP contribution in [0.5, 0.6) is 5.75 Å². The van der Waals surface area contributed by atoms with E-state index < -0.39 is 62.5 Å². The van der Waals surface area contributed by atoms with Gasteiger partial charge in [-0.15, -0.1) is 11.6 Å². The van der Waals surface area contributed by atoms with E-state index in [4.69, 9.17) is 30.1 Å². The molecule has 0 bridgehead atoms. The Labute approximate surface area is 264 Å². The summed E-state index contributed by atoms with van der Waals surface area (Å²) in [7, 11) is -2.79. The maximum atomic E-state index is 15.8. The Kier molecular flexibility index (Phi) is 9.64. The van der Waals surface area contributed by atoms with Crippen molar-refractivity contribution in [2.45, 2.75) is 63.9 Å². The van der Waals surface area contributed by atoms with Crippen LogP contribution in [0, 0.1) is 6.92 Å². The molecule has 13 nitrogen and oxygen atoms in total. The number of carbonyl (C=O) groups excluding carboxylic acids is 1. The fraction of sp³-hybridized carbons (Fsp3) is 0.448. The van der Waals surface area contributed by atoms with Crippen LogP contribution in [0.1, 0.15) is 32.8 Å². The van der Waals surface area contributed by atoms with Crippen molar-refractivity contribution in [1.29, 1.82) is 0 Å². The van der Waals surface area contributed by atoms with Crippen LogP contribution in [0.15, 0.2) is 48.8 Å². The zero-order valence-corrected chi connectivity index (χ0v) is 27.0. The first kappa shape index (κ1) is 33.0. The third kappa shape index (κ3) is 6.62. The Balaban J connectivity index is 1.45. The van der Waals surface area contributed by atoms with Gasteiger partial charge in [0.25, 0.3) is 0 Å². The van der Waals surface area contributed by atoms with Crippen LogP contribution in [0.25, 0.3) is 21.9 Å². The molecule has 2 aromatic carbocycles. The number of benzene rings is 2. The van der Waals surface area contributed by atoms with Gasteiger partial charge in [0.15, 0.2) is 29.4 Å².